The van der Waals surface area contributed by atoms with Crippen LogP contribution in [0.4, 0.5) is 0 Å². The smallest absolute Gasteiger partial charge is 0.250 e. The van der Waals surface area contributed by atoms with Gasteiger partial charge in [-0.2, -0.15) is 9.61 Å². The molecule has 1 aliphatic rings. The molecule has 0 atom stereocenters. The molecule has 0 spiro atoms. The minimum atomic E-state index is -0.0894. The Balaban J connectivity index is 1.29. The third-order valence-corrected chi connectivity index (χ3v) is 6.70. The number of nitrogens with zero attached hydrogens (tertiary/aromatic N) is 7. The molecule has 1 aliphatic carbocycles. The van der Waals surface area contributed by atoms with Crippen LogP contribution >= 0.6 is 0 Å². The second-order valence-corrected chi connectivity index (χ2v) is 8.70. The zero-order valence-corrected chi connectivity index (χ0v) is 18.2. The summed E-state index contributed by atoms with van der Waals surface area (Å²) in [5.41, 5.74) is 7.12. The van der Waals surface area contributed by atoms with Crippen LogP contribution in [-0.4, -0.2) is 34.5 Å². The molecule has 0 unspecified atom stereocenters. The molecule has 0 aliphatic heterocycles. The van der Waals surface area contributed by atoms with Gasteiger partial charge in [-0.15, -0.1) is 0 Å². The maximum absolute atomic E-state index is 4.96. The van der Waals surface area contributed by atoms with E-state index >= 15 is 0 Å². The Morgan fingerprint density at radius 3 is 2.35 bits per heavy atom. The van der Waals surface area contributed by atoms with Gasteiger partial charge in [-0.25, -0.2) is 19.9 Å². The summed E-state index contributed by atoms with van der Waals surface area (Å²) in [7, 11) is 0. The van der Waals surface area contributed by atoms with Crippen molar-refractivity contribution in [3.8, 4) is 22.4 Å². The summed E-state index contributed by atoms with van der Waals surface area (Å²) in [5.74, 6) is 0.616. The second kappa shape index (κ2) is 7.25. The van der Waals surface area contributed by atoms with Crippen molar-refractivity contribution in [1.82, 2.24) is 34.5 Å². The van der Waals surface area contributed by atoms with Crippen LogP contribution in [-0.2, 0) is 5.41 Å². The van der Waals surface area contributed by atoms with E-state index in [-0.39, 0.29) is 5.41 Å². The van der Waals surface area contributed by atoms with Crippen molar-refractivity contribution in [3.63, 3.8) is 0 Å². The Hall–Kier alpha value is -4.52. The van der Waals surface area contributed by atoms with Crippen molar-refractivity contribution in [2.75, 3.05) is 0 Å². The SMILES string of the molecule is c1cnc2ccc(C3(c4cnc5ncc(-c6ccc(-c7cncnc7)cc6)nn45)CC3)cc2c1. The number of fused-ring (bicyclic) bond motifs is 2. The Morgan fingerprint density at radius 1 is 0.735 bits per heavy atom. The number of aromatic nitrogens is 7. The molecular weight excluding hydrogens is 422 g/mol. The number of hydrogen-bond acceptors (Lipinski definition) is 6. The molecule has 7 rings (SSSR count). The fraction of sp³-hybridized carbons (Fsp3) is 0.111. The van der Waals surface area contributed by atoms with Gasteiger partial charge in [-0.05, 0) is 42.2 Å². The van der Waals surface area contributed by atoms with Gasteiger partial charge >= 0.3 is 0 Å². The summed E-state index contributed by atoms with van der Waals surface area (Å²) in [5, 5.41) is 6.11. The first-order valence-corrected chi connectivity index (χ1v) is 11.2. The van der Waals surface area contributed by atoms with Crippen LogP contribution in [0.1, 0.15) is 24.1 Å². The Morgan fingerprint density at radius 2 is 1.53 bits per heavy atom. The van der Waals surface area contributed by atoms with Gasteiger partial charge in [0.15, 0.2) is 0 Å². The molecule has 0 saturated heterocycles. The van der Waals surface area contributed by atoms with Crippen LogP contribution in [0.15, 0.2) is 91.9 Å². The Bertz CT molecular complexity index is 1650. The van der Waals surface area contributed by atoms with E-state index in [1.807, 2.05) is 35.4 Å². The zero-order valence-electron chi connectivity index (χ0n) is 18.2. The Labute approximate surface area is 195 Å². The van der Waals surface area contributed by atoms with Gasteiger partial charge < -0.3 is 0 Å². The summed E-state index contributed by atoms with van der Waals surface area (Å²) in [6, 6.07) is 18.8. The second-order valence-electron chi connectivity index (χ2n) is 8.70. The van der Waals surface area contributed by atoms with Gasteiger partial charge in [-0.1, -0.05) is 36.4 Å². The lowest BCUT2D eigenvalue weighted by Gasteiger charge is -2.16. The molecule has 1 fully saturated rings. The molecule has 0 amide bonds. The minimum absolute atomic E-state index is 0.0894. The van der Waals surface area contributed by atoms with Crippen molar-refractivity contribution in [2.45, 2.75) is 18.3 Å². The third-order valence-electron chi connectivity index (χ3n) is 6.70. The average Bonchev–Trinajstić information content (AvgIpc) is 3.61. The molecule has 34 heavy (non-hydrogen) atoms. The van der Waals surface area contributed by atoms with Gasteiger partial charge in [0, 0.05) is 40.5 Å². The lowest BCUT2D eigenvalue weighted by atomic mass is 9.91. The maximum atomic E-state index is 4.96. The molecule has 7 heteroatoms. The van der Waals surface area contributed by atoms with E-state index in [1.165, 1.54) is 11.9 Å². The monoisotopic (exact) mass is 441 g/mol. The van der Waals surface area contributed by atoms with Crippen LogP contribution in [0.25, 0.3) is 39.1 Å². The highest BCUT2D eigenvalue weighted by molar-refractivity contribution is 5.79. The summed E-state index contributed by atoms with van der Waals surface area (Å²) in [6.45, 7) is 0. The van der Waals surface area contributed by atoms with Crippen molar-refractivity contribution in [1.29, 1.82) is 0 Å². The molecule has 162 valence electrons. The number of imidazole rings is 1. The van der Waals surface area contributed by atoms with E-state index < -0.39 is 0 Å². The first-order valence-electron chi connectivity index (χ1n) is 11.2. The lowest BCUT2D eigenvalue weighted by molar-refractivity contribution is 0.739. The number of pyridine rings is 1. The van der Waals surface area contributed by atoms with Crippen LogP contribution in [0.2, 0.25) is 0 Å². The molecule has 7 nitrogen and oxygen atoms in total. The zero-order chi connectivity index (χ0) is 22.5. The molecule has 6 aromatic rings. The fourth-order valence-electron chi connectivity index (χ4n) is 4.71. The summed E-state index contributed by atoms with van der Waals surface area (Å²) in [6.07, 6.45) is 12.8. The van der Waals surface area contributed by atoms with E-state index in [0.717, 1.165) is 51.8 Å². The molecule has 4 aromatic heterocycles. The normalized spacial score (nSPS) is 14.5. The van der Waals surface area contributed by atoms with E-state index in [4.69, 9.17) is 5.10 Å². The predicted octanol–water partition coefficient (Wildman–Crippen LogP) is 4.88. The van der Waals surface area contributed by atoms with Crippen LogP contribution in [0.3, 0.4) is 0 Å². The summed E-state index contributed by atoms with van der Waals surface area (Å²) < 4.78 is 1.91. The van der Waals surface area contributed by atoms with Crippen LogP contribution in [0, 0.1) is 0 Å². The fourth-order valence-corrected chi connectivity index (χ4v) is 4.71. The number of hydrogen-bond donors (Lipinski definition) is 0. The van der Waals surface area contributed by atoms with Crippen molar-refractivity contribution < 1.29 is 0 Å². The van der Waals surface area contributed by atoms with Gasteiger partial charge in [0.2, 0.25) is 0 Å². The molecule has 0 radical (unpaired) electrons. The maximum Gasteiger partial charge on any atom is 0.250 e. The van der Waals surface area contributed by atoms with E-state index in [0.29, 0.717) is 5.78 Å². The van der Waals surface area contributed by atoms with Crippen molar-refractivity contribution in [2.24, 2.45) is 0 Å². The highest BCUT2D eigenvalue weighted by Gasteiger charge is 2.48. The lowest BCUT2D eigenvalue weighted by Crippen LogP contribution is -2.14. The standard InChI is InChI=1S/C27H19N7/c1-2-20-12-22(7-8-23(20)30-11-1)27(9-10-27)25-16-32-26-31-15-24(33-34(25)26)19-5-3-18(4-6-19)21-13-28-17-29-14-21/h1-8,11-17H,9-10H2. The average molecular weight is 441 g/mol. The van der Waals surface area contributed by atoms with E-state index in [9.17, 15) is 0 Å². The molecule has 2 aromatic carbocycles. The van der Waals surface area contributed by atoms with Gasteiger partial charge in [0.1, 0.15) is 12.0 Å². The van der Waals surface area contributed by atoms with Crippen LogP contribution < -0.4 is 0 Å². The Kier molecular flexibility index (Phi) is 4.05. The third kappa shape index (κ3) is 2.97. The number of benzene rings is 2. The molecular formula is C27H19N7. The van der Waals surface area contributed by atoms with E-state index in [1.54, 1.807) is 6.20 Å². The largest absolute Gasteiger partial charge is 0.256 e. The van der Waals surface area contributed by atoms with E-state index in [2.05, 4.69) is 73.5 Å². The molecule has 4 heterocycles. The number of rotatable bonds is 4. The van der Waals surface area contributed by atoms with Crippen molar-refractivity contribution >= 4 is 16.7 Å². The molecule has 0 N–H and O–H groups in total. The quantitative estimate of drug-likeness (QED) is 0.388. The molecule has 0 bridgehead atoms. The van der Waals surface area contributed by atoms with Crippen molar-refractivity contribution in [3.05, 3.63) is 103 Å². The van der Waals surface area contributed by atoms with Gasteiger partial charge in [0.25, 0.3) is 5.78 Å². The van der Waals surface area contributed by atoms with Gasteiger partial charge in [-0.3, -0.25) is 4.98 Å². The summed E-state index contributed by atoms with van der Waals surface area (Å²) >= 11 is 0. The summed E-state index contributed by atoms with van der Waals surface area (Å²) in [4.78, 5) is 21.8. The topological polar surface area (TPSA) is 81.8 Å². The predicted molar refractivity (Wildman–Crippen MR) is 129 cm³/mol. The first-order chi connectivity index (χ1) is 16.8. The van der Waals surface area contributed by atoms with Crippen LogP contribution in [0.5, 0.6) is 0 Å². The first kappa shape index (κ1) is 19.0. The highest BCUT2D eigenvalue weighted by Crippen LogP contribution is 2.53. The van der Waals surface area contributed by atoms with Gasteiger partial charge in [0.05, 0.1) is 23.6 Å². The molecule has 1 saturated carbocycles. The minimum Gasteiger partial charge on any atom is -0.256 e. The highest BCUT2D eigenvalue weighted by atomic mass is 15.3.